The lowest BCUT2D eigenvalue weighted by atomic mass is 9.84. The molecule has 4 N–H and O–H groups in total. The number of likely N-dealkylation sites (tertiary alicyclic amines) is 2. The van der Waals surface area contributed by atoms with Gasteiger partial charge in [-0.25, -0.2) is 4.39 Å². The SMILES string of the molecule is Cc1cc(Cl)c(CNC(=O)c2c(C)n([C@H](Cc3cccc4c3c(C(=O)NCc3c(OC(F)F)cc(C)[nH]c3=O)c(C)n4[C@H](C)C3CCN(CCC(F)(F)F)CC3)C3CCN(CCF)CC3)c3ccccc23)c(=O)[nH]1. The highest BCUT2D eigenvalue weighted by Gasteiger charge is 2.36. The average Bonchev–Trinajstić information content (AvgIpc) is 3.81. The van der Waals surface area contributed by atoms with Gasteiger partial charge in [-0.1, -0.05) is 41.9 Å². The zero-order chi connectivity index (χ0) is 53.2. The van der Waals surface area contributed by atoms with Crippen molar-refractivity contribution >= 4 is 45.2 Å². The Morgan fingerprint density at radius 2 is 1.32 bits per heavy atom. The Hall–Kier alpha value is -6.05. The largest absolute Gasteiger partial charge is 0.434 e. The van der Waals surface area contributed by atoms with E-state index in [2.05, 4.69) is 41.6 Å². The van der Waals surface area contributed by atoms with Crippen LogP contribution >= 0.6 is 11.6 Å². The van der Waals surface area contributed by atoms with Crippen molar-refractivity contribution in [3.05, 3.63) is 131 Å². The van der Waals surface area contributed by atoms with Gasteiger partial charge in [0.2, 0.25) is 0 Å². The number of pyridine rings is 2. The molecule has 2 saturated heterocycles. The number of hydrogen-bond acceptors (Lipinski definition) is 7. The van der Waals surface area contributed by atoms with E-state index in [1.54, 1.807) is 13.0 Å². The second-order valence-corrected chi connectivity index (χ2v) is 20.3. The number of alkyl halides is 6. The Morgan fingerprint density at radius 1 is 0.757 bits per heavy atom. The summed E-state index contributed by atoms with van der Waals surface area (Å²) in [4.78, 5) is 64.8. The number of ether oxygens (including phenoxy) is 1. The summed E-state index contributed by atoms with van der Waals surface area (Å²) in [7, 11) is 0. The Kier molecular flexibility index (Phi) is 16.7. The third-order valence-corrected chi connectivity index (χ3v) is 15.6. The molecule has 2 aliphatic rings. The van der Waals surface area contributed by atoms with Gasteiger partial charge in [0.15, 0.2) is 0 Å². The molecule has 0 bridgehead atoms. The van der Waals surface area contributed by atoms with Crippen LogP contribution in [0.3, 0.4) is 0 Å². The number of aryl methyl sites for hydroxylation is 2. The molecule has 74 heavy (non-hydrogen) atoms. The van der Waals surface area contributed by atoms with Gasteiger partial charge in [0.1, 0.15) is 12.4 Å². The number of carbonyl (C=O) groups excluding carboxylic acids is 2. The Balaban J connectivity index is 1.23. The predicted molar refractivity (Wildman–Crippen MR) is 273 cm³/mol. The molecule has 2 aliphatic heterocycles. The standard InChI is InChI=1S/C54H63ClF6N8O5/c1-30-25-41(55)39(49(70)64-30)28-62-51(72)46-33(4)69(42-11-7-6-10-38(42)46)44(36-15-21-67(22-16-36)24-18-56)27-37-9-8-12-43-48(37)47(52(73)63-29-40-45(74-53(57)58)26-31(2)65-50(40)71)34(5)68(43)32(3)35-13-19-66(20-14-35)23-17-54(59,60)61/h6-12,25-26,32,35-36,44,53H,13-24,27-29H2,1-5H3,(H,62,72)(H,63,73)(H,64,70)(H,65,71)/t32-,44-/m1/s1. The Labute approximate surface area is 429 Å². The molecule has 2 fully saturated rings. The quantitative estimate of drug-likeness (QED) is 0.0627. The van der Waals surface area contributed by atoms with Crippen LogP contribution in [0.4, 0.5) is 26.3 Å². The molecule has 0 unspecified atom stereocenters. The smallest absolute Gasteiger partial charge is 0.390 e. The molecule has 0 spiro atoms. The van der Waals surface area contributed by atoms with Crippen molar-refractivity contribution in [2.45, 2.75) is 111 Å². The maximum atomic E-state index is 15.0. The number of benzene rings is 2. The van der Waals surface area contributed by atoms with E-state index in [9.17, 15) is 45.5 Å². The van der Waals surface area contributed by atoms with E-state index in [1.807, 2.05) is 61.2 Å². The molecule has 13 nitrogen and oxygen atoms in total. The van der Waals surface area contributed by atoms with Gasteiger partial charge >= 0.3 is 12.8 Å². The number of amides is 2. The van der Waals surface area contributed by atoms with Crippen molar-refractivity contribution in [3.8, 4) is 5.75 Å². The zero-order valence-corrected chi connectivity index (χ0v) is 42.9. The third-order valence-electron chi connectivity index (χ3n) is 15.3. The molecule has 0 aliphatic carbocycles. The van der Waals surface area contributed by atoms with Crippen molar-refractivity contribution in [2.24, 2.45) is 11.8 Å². The van der Waals surface area contributed by atoms with Crippen LogP contribution in [0.25, 0.3) is 21.8 Å². The van der Waals surface area contributed by atoms with E-state index in [0.29, 0.717) is 104 Å². The van der Waals surface area contributed by atoms with Crippen molar-refractivity contribution in [1.82, 2.24) is 39.5 Å². The molecule has 0 radical (unpaired) electrons. The highest BCUT2D eigenvalue weighted by molar-refractivity contribution is 6.31. The van der Waals surface area contributed by atoms with E-state index in [-0.39, 0.29) is 64.6 Å². The van der Waals surface area contributed by atoms with Gasteiger partial charge in [0.25, 0.3) is 22.9 Å². The van der Waals surface area contributed by atoms with E-state index in [0.717, 1.165) is 16.6 Å². The predicted octanol–water partition coefficient (Wildman–Crippen LogP) is 10.0. The van der Waals surface area contributed by atoms with Crippen LogP contribution in [-0.4, -0.2) is 99.4 Å². The number of aromatic nitrogens is 4. The molecular formula is C54H63ClF6N8O5. The first-order valence-corrected chi connectivity index (χ1v) is 25.5. The fourth-order valence-electron chi connectivity index (χ4n) is 11.6. The topological polar surface area (TPSA) is 149 Å². The van der Waals surface area contributed by atoms with Gasteiger partial charge < -0.3 is 44.3 Å². The van der Waals surface area contributed by atoms with E-state index >= 15 is 0 Å². The van der Waals surface area contributed by atoms with Crippen LogP contribution in [0.2, 0.25) is 5.02 Å². The first-order valence-electron chi connectivity index (χ1n) is 25.2. The summed E-state index contributed by atoms with van der Waals surface area (Å²) >= 11 is 6.47. The van der Waals surface area contributed by atoms with Crippen LogP contribution in [0, 0.1) is 39.5 Å². The second-order valence-electron chi connectivity index (χ2n) is 19.9. The molecule has 2 amide bonds. The number of rotatable bonds is 18. The molecule has 6 heterocycles. The lowest BCUT2D eigenvalue weighted by Crippen LogP contribution is -2.38. The second kappa shape index (κ2) is 22.8. The number of aromatic amines is 2. The maximum Gasteiger partial charge on any atom is 0.390 e. The number of piperidine rings is 2. The van der Waals surface area contributed by atoms with Crippen molar-refractivity contribution in [3.63, 3.8) is 0 Å². The zero-order valence-electron chi connectivity index (χ0n) is 42.2. The van der Waals surface area contributed by atoms with E-state index in [4.69, 9.17) is 16.3 Å². The monoisotopic (exact) mass is 1050 g/mol. The average molecular weight is 1050 g/mol. The van der Waals surface area contributed by atoms with Crippen LogP contribution in [0.1, 0.15) is 111 Å². The summed E-state index contributed by atoms with van der Waals surface area (Å²) in [6, 6.07) is 15.8. The summed E-state index contributed by atoms with van der Waals surface area (Å²) < 4.78 is 89.5. The van der Waals surface area contributed by atoms with Gasteiger partial charge in [0, 0.05) is 75.8 Å². The van der Waals surface area contributed by atoms with Crippen LogP contribution in [0.5, 0.6) is 5.75 Å². The molecule has 398 valence electrons. The fourth-order valence-corrected chi connectivity index (χ4v) is 11.9. The Morgan fingerprint density at radius 3 is 1.96 bits per heavy atom. The summed E-state index contributed by atoms with van der Waals surface area (Å²) in [5, 5.41) is 7.33. The number of para-hydroxylation sites is 1. The molecule has 8 rings (SSSR count). The van der Waals surface area contributed by atoms with Gasteiger partial charge in [-0.3, -0.25) is 19.2 Å². The van der Waals surface area contributed by atoms with Crippen molar-refractivity contribution in [1.29, 1.82) is 0 Å². The lowest BCUT2D eigenvalue weighted by Gasteiger charge is -2.37. The third kappa shape index (κ3) is 11.7. The van der Waals surface area contributed by atoms with E-state index < -0.39 is 55.4 Å². The minimum Gasteiger partial charge on any atom is -0.434 e. The Bertz CT molecular complexity index is 3130. The number of fused-ring (bicyclic) bond motifs is 2. The lowest BCUT2D eigenvalue weighted by molar-refractivity contribution is -0.138. The number of H-pyrrole nitrogens is 2. The summed E-state index contributed by atoms with van der Waals surface area (Å²) in [5.41, 5.74) is 4.09. The molecule has 2 atom stereocenters. The van der Waals surface area contributed by atoms with Crippen LogP contribution < -0.4 is 26.5 Å². The molecule has 0 saturated carbocycles. The molecular weight excluding hydrogens is 990 g/mol. The number of halogens is 7. The highest BCUT2D eigenvalue weighted by atomic mass is 35.5. The van der Waals surface area contributed by atoms with Crippen LogP contribution in [0.15, 0.2) is 64.2 Å². The number of nitrogens with zero attached hydrogens (tertiary/aromatic N) is 4. The molecule has 2 aromatic carbocycles. The minimum absolute atomic E-state index is 0.000102. The van der Waals surface area contributed by atoms with Crippen molar-refractivity contribution < 1.29 is 40.7 Å². The van der Waals surface area contributed by atoms with Gasteiger partial charge in [-0.05, 0) is 129 Å². The number of nitrogens with one attached hydrogen (secondary N) is 4. The summed E-state index contributed by atoms with van der Waals surface area (Å²) in [5.74, 6) is -1.31. The van der Waals surface area contributed by atoms with Gasteiger partial charge in [-0.2, -0.15) is 22.0 Å². The normalized spacial score (nSPS) is 16.3. The number of hydrogen-bond donors (Lipinski definition) is 4. The van der Waals surface area contributed by atoms with E-state index in [1.165, 1.54) is 13.0 Å². The van der Waals surface area contributed by atoms with Gasteiger partial charge in [0.05, 0.1) is 46.8 Å². The highest BCUT2D eigenvalue weighted by Crippen LogP contribution is 2.42. The summed E-state index contributed by atoms with van der Waals surface area (Å²) in [6.07, 6.45) is -2.16. The number of carbonyl (C=O) groups is 2. The molecule has 20 heteroatoms. The van der Waals surface area contributed by atoms with Crippen molar-refractivity contribution in [2.75, 3.05) is 45.9 Å². The van der Waals surface area contributed by atoms with Crippen LogP contribution in [-0.2, 0) is 19.5 Å². The summed E-state index contributed by atoms with van der Waals surface area (Å²) in [6.45, 7) is 7.18. The molecule has 6 aromatic rings. The molecule has 4 aromatic heterocycles. The minimum atomic E-state index is -4.26. The fraction of sp³-hybridized carbons (Fsp3) is 0.481. The maximum absolute atomic E-state index is 15.0. The first kappa shape index (κ1) is 54.2. The van der Waals surface area contributed by atoms with Gasteiger partial charge in [-0.15, -0.1) is 0 Å². The first-order chi connectivity index (χ1) is 35.2.